The molecular formula is C13H17BrO3. The van der Waals surface area contributed by atoms with Crippen molar-refractivity contribution >= 4 is 15.9 Å². The van der Waals surface area contributed by atoms with Crippen LogP contribution in [0.2, 0.25) is 0 Å². The first-order valence-corrected chi connectivity index (χ1v) is 6.67. The van der Waals surface area contributed by atoms with Crippen LogP contribution in [0.25, 0.3) is 0 Å². The molecular weight excluding hydrogens is 284 g/mol. The Hall–Kier alpha value is -0.740. The van der Waals surface area contributed by atoms with Crippen molar-refractivity contribution in [3.05, 3.63) is 22.7 Å². The first-order chi connectivity index (χ1) is 8.29. The summed E-state index contributed by atoms with van der Waals surface area (Å²) < 4.78 is 17.3. The largest absolute Gasteiger partial charge is 0.497 e. The molecule has 3 nitrogen and oxygen atoms in total. The molecule has 0 saturated carbocycles. The lowest BCUT2D eigenvalue weighted by Crippen LogP contribution is -2.10. The molecule has 0 aromatic heterocycles. The normalized spacial score (nSPS) is 19.3. The summed E-state index contributed by atoms with van der Waals surface area (Å²) in [6.07, 6.45) is 3.68. The van der Waals surface area contributed by atoms with Gasteiger partial charge in [0.25, 0.3) is 0 Å². The molecule has 0 amide bonds. The second-order valence-corrected chi connectivity index (χ2v) is 4.92. The Morgan fingerprint density at radius 2 is 2.35 bits per heavy atom. The Labute approximate surface area is 110 Å². The molecule has 0 spiro atoms. The summed E-state index contributed by atoms with van der Waals surface area (Å²) in [6, 6.07) is 5.71. The standard InChI is InChI=1S/C13H17BrO3/c1-15-11-4-5-13(12(14)9-11)17-8-6-10-3-2-7-16-10/h4-5,9-10H,2-3,6-8H2,1H3. The van der Waals surface area contributed by atoms with Crippen molar-refractivity contribution < 1.29 is 14.2 Å². The monoisotopic (exact) mass is 300 g/mol. The van der Waals surface area contributed by atoms with Crippen molar-refractivity contribution in [3.8, 4) is 11.5 Å². The summed E-state index contributed by atoms with van der Waals surface area (Å²) in [5.74, 6) is 1.67. The van der Waals surface area contributed by atoms with E-state index in [1.807, 2.05) is 18.2 Å². The Kier molecular flexibility index (Phi) is 4.68. The van der Waals surface area contributed by atoms with Crippen molar-refractivity contribution in [2.75, 3.05) is 20.3 Å². The molecule has 1 heterocycles. The molecule has 2 rings (SSSR count). The van der Waals surface area contributed by atoms with Gasteiger partial charge < -0.3 is 14.2 Å². The van der Waals surface area contributed by atoms with Crippen molar-refractivity contribution in [2.24, 2.45) is 0 Å². The molecule has 4 heteroatoms. The van der Waals surface area contributed by atoms with E-state index in [1.54, 1.807) is 7.11 Å². The molecule has 17 heavy (non-hydrogen) atoms. The second-order valence-electron chi connectivity index (χ2n) is 4.07. The molecule has 1 aromatic carbocycles. The summed E-state index contributed by atoms with van der Waals surface area (Å²) in [4.78, 5) is 0. The van der Waals surface area contributed by atoms with E-state index in [0.717, 1.165) is 35.4 Å². The summed E-state index contributed by atoms with van der Waals surface area (Å²) in [7, 11) is 1.65. The summed E-state index contributed by atoms with van der Waals surface area (Å²) in [5, 5.41) is 0. The summed E-state index contributed by atoms with van der Waals surface area (Å²) in [5.41, 5.74) is 0. The number of hydrogen-bond donors (Lipinski definition) is 0. The SMILES string of the molecule is COc1ccc(OCCC2CCCO2)c(Br)c1. The van der Waals surface area contributed by atoms with Crippen LogP contribution in [0.15, 0.2) is 22.7 Å². The summed E-state index contributed by atoms with van der Waals surface area (Å²) >= 11 is 3.47. The van der Waals surface area contributed by atoms with Crippen LogP contribution < -0.4 is 9.47 Å². The molecule has 1 aliphatic heterocycles. The highest BCUT2D eigenvalue weighted by Crippen LogP contribution is 2.29. The lowest BCUT2D eigenvalue weighted by atomic mass is 10.2. The average molecular weight is 301 g/mol. The third-order valence-corrected chi connectivity index (χ3v) is 3.48. The van der Waals surface area contributed by atoms with Gasteiger partial charge in [0.1, 0.15) is 11.5 Å². The third-order valence-electron chi connectivity index (χ3n) is 2.86. The van der Waals surface area contributed by atoms with E-state index in [2.05, 4.69) is 15.9 Å². The lowest BCUT2D eigenvalue weighted by molar-refractivity contribution is 0.0902. The number of methoxy groups -OCH3 is 1. The molecule has 94 valence electrons. The Morgan fingerprint density at radius 3 is 3.00 bits per heavy atom. The number of ether oxygens (including phenoxy) is 3. The molecule has 1 fully saturated rings. The van der Waals surface area contributed by atoms with E-state index in [9.17, 15) is 0 Å². The maximum absolute atomic E-state index is 5.72. The maximum Gasteiger partial charge on any atom is 0.133 e. The van der Waals surface area contributed by atoms with Gasteiger partial charge in [-0.1, -0.05) is 0 Å². The minimum Gasteiger partial charge on any atom is -0.497 e. The molecule has 1 aliphatic rings. The highest BCUT2D eigenvalue weighted by atomic mass is 79.9. The van der Waals surface area contributed by atoms with Crippen LogP contribution >= 0.6 is 15.9 Å². The predicted octanol–water partition coefficient (Wildman–Crippen LogP) is 3.41. The van der Waals surface area contributed by atoms with Gasteiger partial charge in [0.05, 0.1) is 24.3 Å². The molecule has 1 saturated heterocycles. The van der Waals surface area contributed by atoms with Crippen LogP contribution in [-0.2, 0) is 4.74 Å². The van der Waals surface area contributed by atoms with E-state index in [0.29, 0.717) is 12.7 Å². The minimum absolute atomic E-state index is 0.382. The lowest BCUT2D eigenvalue weighted by Gasteiger charge is -2.12. The van der Waals surface area contributed by atoms with Crippen LogP contribution in [-0.4, -0.2) is 26.4 Å². The highest BCUT2D eigenvalue weighted by Gasteiger charge is 2.15. The van der Waals surface area contributed by atoms with Gasteiger partial charge in [-0.3, -0.25) is 0 Å². The van der Waals surface area contributed by atoms with Gasteiger partial charge in [0, 0.05) is 13.0 Å². The van der Waals surface area contributed by atoms with Gasteiger partial charge in [-0.25, -0.2) is 0 Å². The molecule has 1 unspecified atom stereocenters. The third kappa shape index (κ3) is 3.61. The van der Waals surface area contributed by atoms with Gasteiger partial charge in [-0.2, -0.15) is 0 Å². The van der Waals surface area contributed by atoms with Crippen molar-refractivity contribution in [1.82, 2.24) is 0 Å². The Bertz CT molecular complexity index is 362. The number of halogens is 1. The second kappa shape index (κ2) is 6.26. The number of benzene rings is 1. The quantitative estimate of drug-likeness (QED) is 0.834. The van der Waals surface area contributed by atoms with Gasteiger partial charge >= 0.3 is 0 Å². The van der Waals surface area contributed by atoms with E-state index in [1.165, 1.54) is 6.42 Å². The molecule has 1 atom stereocenters. The zero-order chi connectivity index (χ0) is 12.1. The van der Waals surface area contributed by atoms with Crippen LogP contribution in [0.1, 0.15) is 19.3 Å². The first kappa shape index (κ1) is 12.7. The fraction of sp³-hybridized carbons (Fsp3) is 0.538. The average Bonchev–Trinajstić information content (AvgIpc) is 2.84. The number of rotatable bonds is 5. The van der Waals surface area contributed by atoms with Crippen LogP contribution in [0.3, 0.4) is 0 Å². The smallest absolute Gasteiger partial charge is 0.133 e. The topological polar surface area (TPSA) is 27.7 Å². The molecule has 0 bridgehead atoms. The maximum atomic E-state index is 5.72. The van der Waals surface area contributed by atoms with Gasteiger partial charge in [-0.15, -0.1) is 0 Å². The fourth-order valence-electron chi connectivity index (χ4n) is 1.90. The van der Waals surface area contributed by atoms with E-state index in [4.69, 9.17) is 14.2 Å². The van der Waals surface area contributed by atoms with Crippen molar-refractivity contribution in [2.45, 2.75) is 25.4 Å². The highest BCUT2D eigenvalue weighted by molar-refractivity contribution is 9.10. The Balaban J connectivity index is 1.81. The molecule has 0 aliphatic carbocycles. The van der Waals surface area contributed by atoms with Crippen LogP contribution in [0.5, 0.6) is 11.5 Å². The first-order valence-electron chi connectivity index (χ1n) is 5.87. The minimum atomic E-state index is 0.382. The van der Waals surface area contributed by atoms with Gasteiger partial charge in [-0.05, 0) is 47.0 Å². The van der Waals surface area contributed by atoms with E-state index in [-0.39, 0.29) is 0 Å². The van der Waals surface area contributed by atoms with Crippen LogP contribution in [0.4, 0.5) is 0 Å². The zero-order valence-corrected chi connectivity index (χ0v) is 11.5. The molecule has 0 radical (unpaired) electrons. The van der Waals surface area contributed by atoms with Crippen molar-refractivity contribution in [3.63, 3.8) is 0 Å². The summed E-state index contributed by atoms with van der Waals surface area (Å²) in [6.45, 7) is 1.59. The van der Waals surface area contributed by atoms with Crippen molar-refractivity contribution in [1.29, 1.82) is 0 Å². The predicted molar refractivity (Wildman–Crippen MR) is 69.8 cm³/mol. The van der Waals surface area contributed by atoms with E-state index < -0.39 is 0 Å². The van der Waals surface area contributed by atoms with E-state index >= 15 is 0 Å². The molecule has 0 N–H and O–H groups in total. The van der Waals surface area contributed by atoms with Crippen LogP contribution in [0, 0.1) is 0 Å². The Morgan fingerprint density at radius 1 is 1.47 bits per heavy atom. The molecule has 1 aromatic rings. The fourth-order valence-corrected chi connectivity index (χ4v) is 2.37. The number of hydrogen-bond acceptors (Lipinski definition) is 3. The van der Waals surface area contributed by atoms with Gasteiger partial charge in [0.15, 0.2) is 0 Å². The zero-order valence-electron chi connectivity index (χ0n) is 9.95. The van der Waals surface area contributed by atoms with Gasteiger partial charge in [0.2, 0.25) is 0 Å².